The average molecular weight is 338 g/mol. The van der Waals surface area contributed by atoms with E-state index in [1.54, 1.807) is 0 Å². The van der Waals surface area contributed by atoms with Crippen molar-refractivity contribution >= 4 is 21.6 Å². The van der Waals surface area contributed by atoms with Crippen LogP contribution in [0, 0.1) is 0 Å². The minimum absolute atomic E-state index is 0.0934. The number of nitrogen functional groups attached to an aromatic ring is 1. The number of aromatic nitrogens is 4. The quantitative estimate of drug-likeness (QED) is 0.870. The van der Waals surface area contributed by atoms with Crippen molar-refractivity contribution in [3.63, 3.8) is 0 Å². The molecule has 0 radical (unpaired) electrons. The summed E-state index contributed by atoms with van der Waals surface area (Å²) in [7, 11) is 0. The number of benzene rings is 1. The van der Waals surface area contributed by atoms with Gasteiger partial charge >= 0.3 is 0 Å². The molecule has 1 aliphatic heterocycles. The van der Waals surface area contributed by atoms with Gasteiger partial charge in [0.1, 0.15) is 0 Å². The first kappa shape index (κ1) is 13.5. The van der Waals surface area contributed by atoms with Crippen LogP contribution in [0.5, 0.6) is 0 Å². The molecule has 1 aliphatic rings. The van der Waals surface area contributed by atoms with Gasteiger partial charge in [-0.05, 0) is 48.4 Å². The van der Waals surface area contributed by atoms with Crippen molar-refractivity contribution in [1.29, 1.82) is 0 Å². The number of tetrazole rings is 1. The summed E-state index contributed by atoms with van der Waals surface area (Å²) in [6, 6.07) is 5.70. The maximum atomic E-state index is 5.86. The van der Waals surface area contributed by atoms with E-state index in [4.69, 9.17) is 10.5 Å². The Labute approximate surface area is 125 Å². The molecule has 106 valence electrons. The molecule has 6 nitrogen and oxygen atoms in total. The second-order valence-electron chi connectivity index (χ2n) is 4.98. The van der Waals surface area contributed by atoms with Gasteiger partial charge in [0.2, 0.25) is 0 Å². The van der Waals surface area contributed by atoms with Gasteiger partial charge in [0.25, 0.3) is 0 Å². The zero-order valence-electron chi connectivity index (χ0n) is 11.2. The predicted octanol–water partition coefficient (Wildman–Crippen LogP) is 2.42. The first-order valence-corrected chi connectivity index (χ1v) is 7.41. The van der Waals surface area contributed by atoms with Crippen LogP contribution in [0.25, 0.3) is 11.4 Å². The zero-order valence-corrected chi connectivity index (χ0v) is 12.7. The van der Waals surface area contributed by atoms with Gasteiger partial charge in [-0.25, -0.2) is 4.68 Å². The highest BCUT2D eigenvalue weighted by Crippen LogP contribution is 2.31. The van der Waals surface area contributed by atoms with Crippen molar-refractivity contribution in [2.24, 2.45) is 0 Å². The molecule has 0 saturated carbocycles. The van der Waals surface area contributed by atoms with Gasteiger partial charge in [0, 0.05) is 22.3 Å². The van der Waals surface area contributed by atoms with Crippen molar-refractivity contribution in [3.05, 3.63) is 22.7 Å². The van der Waals surface area contributed by atoms with Gasteiger partial charge in [0.15, 0.2) is 5.82 Å². The van der Waals surface area contributed by atoms with E-state index >= 15 is 0 Å². The molecule has 3 rings (SSSR count). The van der Waals surface area contributed by atoms with Gasteiger partial charge in [-0.2, -0.15) is 0 Å². The number of halogens is 1. The van der Waals surface area contributed by atoms with E-state index in [-0.39, 0.29) is 12.1 Å². The van der Waals surface area contributed by atoms with Crippen molar-refractivity contribution < 1.29 is 4.74 Å². The third-order valence-electron chi connectivity index (χ3n) is 3.61. The molecule has 0 aliphatic carbocycles. The minimum Gasteiger partial charge on any atom is -0.399 e. The molecular weight excluding hydrogens is 322 g/mol. The molecule has 2 heterocycles. The molecule has 2 unspecified atom stereocenters. The van der Waals surface area contributed by atoms with Gasteiger partial charge < -0.3 is 10.5 Å². The fourth-order valence-corrected chi connectivity index (χ4v) is 2.92. The molecule has 1 aromatic heterocycles. The monoisotopic (exact) mass is 337 g/mol. The highest BCUT2D eigenvalue weighted by molar-refractivity contribution is 9.10. The lowest BCUT2D eigenvalue weighted by Gasteiger charge is -2.19. The number of anilines is 1. The zero-order chi connectivity index (χ0) is 14.1. The van der Waals surface area contributed by atoms with Crippen LogP contribution in [0.3, 0.4) is 0 Å². The molecule has 2 atom stereocenters. The van der Waals surface area contributed by atoms with E-state index in [2.05, 4.69) is 38.4 Å². The highest BCUT2D eigenvalue weighted by atomic mass is 79.9. The van der Waals surface area contributed by atoms with E-state index in [1.165, 1.54) is 0 Å². The summed E-state index contributed by atoms with van der Waals surface area (Å²) in [6.45, 7) is 2.89. The van der Waals surface area contributed by atoms with E-state index < -0.39 is 0 Å². The Balaban J connectivity index is 1.99. The topological polar surface area (TPSA) is 78.8 Å². The predicted molar refractivity (Wildman–Crippen MR) is 79.1 cm³/mol. The molecule has 2 aromatic rings. The Bertz CT molecular complexity index is 609. The third-order valence-corrected chi connectivity index (χ3v) is 4.30. The normalized spacial score (nSPS) is 20.2. The van der Waals surface area contributed by atoms with Crippen LogP contribution in [-0.4, -0.2) is 32.9 Å². The third kappa shape index (κ3) is 2.43. The van der Waals surface area contributed by atoms with E-state index in [0.29, 0.717) is 11.5 Å². The van der Waals surface area contributed by atoms with Crippen LogP contribution in [0.4, 0.5) is 5.69 Å². The van der Waals surface area contributed by atoms with E-state index in [9.17, 15) is 0 Å². The van der Waals surface area contributed by atoms with E-state index in [0.717, 1.165) is 29.5 Å². The Morgan fingerprint density at radius 3 is 3.10 bits per heavy atom. The molecule has 1 aromatic carbocycles. The minimum atomic E-state index is 0.0934. The molecule has 2 N–H and O–H groups in total. The number of nitrogens with zero attached hydrogens (tertiary/aromatic N) is 4. The number of ether oxygens (including phenoxy) is 1. The second kappa shape index (κ2) is 5.49. The SMILES string of the molecule is CC(C1CCCO1)n1nnnc1-c1cc(N)ccc1Br. The van der Waals surface area contributed by atoms with Crippen molar-refractivity contribution in [3.8, 4) is 11.4 Å². The Morgan fingerprint density at radius 2 is 2.35 bits per heavy atom. The fraction of sp³-hybridized carbons (Fsp3) is 0.462. The molecule has 7 heteroatoms. The smallest absolute Gasteiger partial charge is 0.183 e. The molecular formula is C13H16BrN5O. The lowest BCUT2D eigenvalue weighted by Crippen LogP contribution is -2.22. The van der Waals surface area contributed by atoms with E-state index in [1.807, 2.05) is 22.9 Å². The standard InChI is InChI=1S/C13H16BrN5O/c1-8(12-3-2-6-20-12)19-13(16-17-18-19)10-7-9(15)4-5-11(10)14/h4-5,7-8,12H,2-3,6,15H2,1H3. The van der Waals surface area contributed by atoms with Crippen LogP contribution in [0.2, 0.25) is 0 Å². The second-order valence-corrected chi connectivity index (χ2v) is 5.83. The van der Waals surface area contributed by atoms with Gasteiger partial charge in [-0.15, -0.1) is 5.10 Å². The summed E-state index contributed by atoms with van der Waals surface area (Å²) in [5.74, 6) is 0.701. The van der Waals surface area contributed by atoms with Gasteiger partial charge in [-0.1, -0.05) is 15.9 Å². The fourth-order valence-electron chi connectivity index (χ4n) is 2.50. The number of nitrogens with two attached hydrogens (primary N) is 1. The Kier molecular flexibility index (Phi) is 3.71. The van der Waals surface area contributed by atoms with Crippen LogP contribution in [-0.2, 0) is 4.74 Å². The van der Waals surface area contributed by atoms with Gasteiger partial charge in [0.05, 0.1) is 12.1 Å². The summed E-state index contributed by atoms with van der Waals surface area (Å²) >= 11 is 3.52. The summed E-state index contributed by atoms with van der Waals surface area (Å²) in [5.41, 5.74) is 7.43. The lowest BCUT2D eigenvalue weighted by molar-refractivity contribution is 0.0690. The first-order chi connectivity index (χ1) is 9.66. The summed E-state index contributed by atoms with van der Waals surface area (Å²) < 4.78 is 8.46. The number of hydrogen-bond donors (Lipinski definition) is 1. The first-order valence-electron chi connectivity index (χ1n) is 6.61. The Hall–Kier alpha value is -1.47. The largest absolute Gasteiger partial charge is 0.399 e. The van der Waals surface area contributed by atoms with Crippen molar-refractivity contribution in [2.75, 3.05) is 12.3 Å². The van der Waals surface area contributed by atoms with Crippen LogP contribution >= 0.6 is 15.9 Å². The van der Waals surface area contributed by atoms with Crippen molar-refractivity contribution in [2.45, 2.75) is 31.9 Å². The van der Waals surface area contributed by atoms with Gasteiger partial charge in [-0.3, -0.25) is 0 Å². The maximum Gasteiger partial charge on any atom is 0.183 e. The molecule has 0 bridgehead atoms. The van der Waals surface area contributed by atoms with Crippen LogP contribution < -0.4 is 5.73 Å². The van der Waals surface area contributed by atoms with Crippen molar-refractivity contribution in [1.82, 2.24) is 20.2 Å². The lowest BCUT2D eigenvalue weighted by atomic mass is 10.1. The molecule has 20 heavy (non-hydrogen) atoms. The number of hydrogen-bond acceptors (Lipinski definition) is 5. The molecule has 0 amide bonds. The molecule has 1 fully saturated rings. The summed E-state index contributed by atoms with van der Waals surface area (Å²) in [6.07, 6.45) is 2.30. The summed E-state index contributed by atoms with van der Waals surface area (Å²) in [4.78, 5) is 0. The number of rotatable bonds is 3. The Morgan fingerprint density at radius 1 is 1.50 bits per heavy atom. The molecule has 0 spiro atoms. The van der Waals surface area contributed by atoms with Crippen LogP contribution in [0.1, 0.15) is 25.8 Å². The molecule has 1 saturated heterocycles. The highest BCUT2D eigenvalue weighted by Gasteiger charge is 2.27. The maximum absolute atomic E-state index is 5.86. The average Bonchev–Trinajstić information content (AvgIpc) is 3.11. The summed E-state index contributed by atoms with van der Waals surface area (Å²) in [5, 5.41) is 12.1. The van der Waals surface area contributed by atoms with Crippen LogP contribution in [0.15, 0.2) is 22.7 Å².